The van der Waals surface area contributed by atoms with Gasteiger partial charge in [0.25, 0.3) is 0 Å². The van der Waals surface area contributed by atoms with Crippen molar-refractivity contribution in [2.75, 3.05) is 13.7 Å². The summed E-state index contributed by atoms with van der Waals surface area (Å²) >= 11 is 3.42. The summed E-state index contributed by atoms with van der Waals surface area (Å²) in [5.74, 6) is 1.46. The van der Waals surface area contributed by atoms with Crippen LogP contribution in [0.1, 0.15) is 24.5 Å². The summed E-state index contributed by atoms with van der Waals surface area (Å²) in [6.07, 6.45) is 1.13. The Hall–Kier alpha value is -0.740. The summed E-state index contributed by atoms with van der Waals surface area (Å²) in [7, 11) is 1.61. The van der Waals surface area contributed by atoms with Gasteiger partial charge in [0.15, 0.2) is 0 Å². The first-order chi connectivity index (χ1) is 7.22. The van der Waals surface area contributed by atoms with Gasteiger partial charge in [0.05, 0.1) is 24.3 Å². The van der Waals surface area contributed by atoms with Crippen LogP contribution in [0.25, 0.3) is 0 Å². The van der Waals surface area contributed by atoms with Crippen LogP contribution in [0.4, 0.5) is 0 Å². The summed E-state index contributed by atoms with van der Waals surface area (Å²) in [6.45, 7) is 0.648. The second-order valence-electron chi connectivity index (χ2n) is 3.53. The lowest BCUT2D eigenvalue weighted by atomic mass is 10.0. The molecule has 0 saturated heterocycles. The van der Waals surface area contributed by atoms with E-state index in [4.69, 9.17) is 9.47 Å². The fourth-order valence-electron chi connectivity index (χ4n) is 1.71. The highest BCUT2D eigenvalue weighted by Gasteiger charge is 2.20. The normalized spacial score (nSPS) is 20.1. The number of methoxy groups -OCH3 is 1. The molecule has 0 radical (unpaired) electrons. The maximum atomic E-state index is 9.93. The molecule has 0 fully saturated rings. The Balaban J connectivity index is 2.50. The average Bonchev–Trinajstić information content (AvgIpc) is 2.41. The molecular formula is C11H13BrO3. The molecule has 3 nitrogen and oxygen atoms in total. The van der Waals surface area contributed by atoms with E-state index in [1.807, 2.05) is 12.1 Å². The van der Waals surface area contributed by atoms with E-state index in [9.17, 15) is 5.11 Å². The second kappa shape index (κ2) is 4.41. The molecule has 4 heteroatoms. The molecule has 0 spiro atoms. The van der Waals surface area contributed by atoms with Crippen LogP contribution in [0.5, 0.6) is 11.5 Å². The van der Waals surface area contributed by atoms with Crippen LogP contribution < -0.4 is 9.47 Å². The van der Waals surface area contributed by atoms with Crippen LogP contribution >= 0.6 is 15.9 Å². The van der Waals surface area contributed by atoms with Gasteiger partial charge in [-0.1, -0.05) is 0 Å². The predicted molar refractivity (Wildman–Crippen MR) is 60.4 cm³/mol. The molecule has 0 aromatic heterocycles. The fraction of sp³-hybridized carbons (Fsp3) is 0.455. The number of hydrogen-bond acceptors (Lipinski definition) is 3. The van der Waals surface area contributed by atoms with Crippen molar-refractivity contribution in [3.05, 3.63) is 22.2 Å². The molecule has 0 amide bonds. The lowest BCUT2D eigenvalue weighted by Gasteiger charge is -2.14. The summed E-state index contributed by atoms with van der Waals surface area (Å²) < 4.78 is 11.6. The number of hydrogen-bond donors (Lipinski definition) is 1. The van der Waals surface area contributed by atoms with Crippen LogP contribution in [0.15, 0.2) is 16.6 Å². The first-order valence-corrected chi connectivity index (χ1v) is 5.70. The Morgan fingerprint density at radius 3 is 3.07 bits per heavy atom. The van der Waals surface area contributed by atoms with Gasteiger partial charge in [-0.05, 0) is 40.9 Å². The van der Waals surface area contributed by atoms with Gasteiger partial charge in [0.2, 0.25) is 0 Å². The van der Waals surface area contributed by atoms with E-state index in [0.717, 1.165) is 34.4 Å². The van der Waals surface area contributed by atoms with Gasteiger partial charge < -0.3 is 14.6 Å². The predicted octanol–water partition coefficient (Wildman–Crippen LogP) is 2.66. The lowest BCUT2D eigenvalue weighted by molar-refractivity contribution is 0.167. The Kier molecular flexibility index (Phi) is 3.17. The smallest absolute Gasteiger partial charge is 0.139 e. The number of aliphatic hydroxyl groups is 1. The zero-order valence-electron chi connectivity index (χ0n) is 8.50. The zero-order chi connectivity index (χ0) is 10.8. The summed E-state index contributed by atoms with van der Waals surface area (Å²) in [5.41, 5.74) is 0.804. The molecule has 0 aliphatic carbocycles. The first-order valence-electron chi connectivity index (χ1n) is 4.90. The van der Waals surface area contributed by atoms with Crippen molar-refractivity contribution < 1.29 is 14.6 Å². The Morgan fingerprint density at radius 2 is 2.33 bits per heavy atom. The molecule has 0 unspecified atom stereocenters. The maximum absolute atomic E-state index is 9.93. The van der Waals surface area contributed by atoms with Gasteiger partial charge in [0.1, 0.15) is 11.5 Å². The molecule has 0 bridgehead atoms. The van der Waals surface area contributed by atoms with Gasteiger partial charge >= 0.3 is 0 Å². The van der Waals surface area contributed by atoms with Crippen molar-refractivity contribution in [2.45, 2.75) is 18.9 Å². The zero-order valence-corrected chi connectivity index (χ0v) is 10.1. The minimum Gasteiger partial charge on any atom is -0.497 e. The standard InChI is InChI=1S/C11H13BrO3/c1-14-7-5-8-10(13)3-2-4-15-11(8)9(12)6-7/h5-6,10,13H,2-4H2,1H3/t10-/m1/s1. The van der Waals surface area contributed by atoms with Crippen molar-refractivity contribution in [3.63, 3.8) is 0 Å². The van der Waals surface area contributed by atoms with Gasteiger partial charge in [-0.2, -0.15) is 0 Å². The molecule has 15 heavy (non-hydrogen) atoms. The van der Waals surface area contributed by atoms with E-state index in [1.165, 1.54) is 0 Å². The number of ether oxygens (including phenoxy) is 2. The molecular weight excluding hydrogens is 260 g/mol. The summed E-state index contributed by atoms with van der Waals surface area (Å²) in [6, 6.07) is 3.67. The van der Waals surface area contributed by atoms with Crippen LogP contribution in [-0.4, -0.2) is 18.8 Å². The van der Waals surface area contributed by atoms with Crippen LogP contribution in [0.3, 0.4) is 0 Å². The molecule has 1 aromatic rings. The number of fused-ring (bicyclic) bond motifs is 1. The molecule has 2 rings (SSSR count). The van der Waals surface area contributed by atoms with E-state index in [1.54, 1.807) is 7.11 Å². The highest BCUT2D eigenvalue weighted by molar-refractivity contribution is 9.10. The van der Waals surface area contributed by atoms with Crippen molar-refractivity contribution in [3.8, 4) is 11.5 Å². The number of halogens is 1. The van der Waals surface area contributed by atoms with E-state index >= 15 is 0 Å². The summed E-state index contributed by atoms with van der Waals surface area (Å²) in [5, 5.41) is 9.93. The summed E-state index contributed by atoms with van der Waals surface area (Å²) in [4.78, 5) is 0. The molecule has 1 heterocycles. The van der Waals surface area contributed by atoms with Gasteiger partial charge in [0, 0.05) is 5.56 Å². The SMILES string of the molecule is COc1cc(Br)c2c(c1)[C@H](O)CCCO2. The second-order valence-corrected chi connectivity index (χ2v) is 4.39. The molecule has 1 aromatic carbocycles. The number of rotatable bonds is 1. The molecule has 0 saturated carbocycles. The third-order valence-electron chi connectivity index (χ3n) is 2.51. The average molecular weight is 273 g/mol. The van der Waals surface area contributed by atoms with E-state index in [0.29, 0.717) is 6.61 Å². The molecule has 1 aliphatic heterocycles. The van der Waals surface area contributed by atoms with E-state index in [2.05, 4.69) is 15.9 Å². The van der Waals surface area contributed by atoms with Gasteiger partial charge in [-0.3, -0.25) is 0 Å². The Bertz CT molecular complexity index is 365. The van der Waals surface area contributed by atoms with Crippen molar-refractivity contribution >= 4 is 15.9 Å². The van der Waals surface area contributed by atoms with Crippen molar-refractivity contribution in [1.82, 2.24) is 0 Å². The molecule has 82 valence electrons. The van der Waals surface area contributed by atoms with Gasteiger partial charge in [-0.15, -0.1) is 0 Å². The number of aliphatic hydroxyl groups excluding tert-OH is 1. The van der Waals surface area contributed by atoms with E-state index < -0.39 is 6.10 Å². The highest BCUT2D eigenvalue weighted by atomic mass is 79.9. The third kappa shape index (κ3) is 2.11. The molecule has 1 N–H and O–H groups in total. The number of benzene rings is 1. The third-order valence-corrected chi connectivity index (χ3v) is 3.10. The highest BCUT2D eigenvalue weighted by Crippen LogP contribution is 2.40. The molecule has 1 aliphatic rings. The van der Waals surface area contributed by atoms with Gasteiger partial charge in [-0.25, -0.2) is 0 Å². The largest absolute Gasteiger partial charge is 0.497 e. The lowest BCUT2D eigenvalue weighted by Crippen LogP contribution is -1.98. The van der Waals surface area contributed by atoms with E-state index in [-0.39, 0.29) is 0 Å². The Morgan fingerprint density at radius 1 is 1.53 bits per heavy atom. The quantitative estimate of drug-likeness (QED) is 0.855. The van der Waals surface area contributed by atoms with Crippen molar-refractivity contribution in [2.24, 2.45) is 0 Å². The topological polar surface area (TPSA) is 38.7 Å². The van der Waals surface area contributed by atoms with Crippen LogP contribution in [0.2, 0.25) is 0 Å². The van der Waals surface area contributed by atoms with Crippen LogP contribution in [0, 0.1) is 0 Å². The maximum Gasteiger partial charge on any atom is 0.139 e. The Labute approximate surface area is 97.1 Å². The fourth-order valence-corrected chi connectivity index (χ4v) is 2.28. The minimum absolute atomic E-state index is 0.464. The van der Waals surface area contributed by atoms with Crippen molar-refractivity contribution in [1.29, 1.82) is 0 Å². The molecule has 1 atom stereocenters. The minimum atomic E-state index is -0.464. The monoisotopic (exact) mass is 272 g/mol. The van der Waals surface area contributed by atoms with Crippen LogP contribution in [-0.2, 0) is 0 Å². The first kappa shape index (κ1) is 10.8.